The van der Waals surface area contributed by atoms with E-state index in [2.05, 4.69) is 6.58 Å². The molecule has 0 aromatic heterocycles. The monoisotopic (exact) mass is 219 g/mol. The van der Waals surface area contributed by atoms with E-state index in [1.807, 2.05) is 24.3 Å². The van der Waals surface area contributed by atoms with Crippen LogP contribution in [-0.4, -0.2) is 13.2 Å². The van der Waals surface area contributed by atoms with Gasteiger partial charge in [0, 0.05) is 11.6 Å². The molecule has 0 amide bonds. The van der Waals surface area contributed by atoms with Crippen LogP contribution in [0.5, 0.6) is 11.5 Å². The third-order valence-corrected chi connectivity index (χ3v) is 2.62. The molecule has 3 nitrogen and oxygen atoms in total. The summed E-state index contributed by atoms with van der Waals surface area (Å²) in [5.74, 6) is 1.70. The molecule has 0 radical (unpaired) electrons. The van der Waals surface area contributed by atoms with Crippen molar-refractivity contribution in [3.8, 4) is 11.5 Å². The number of ether oxygens (including phenoxy) is 2. The average Bonchev–Trinajstić information content (AvgIpc) is 2.66. The Morgan fingerprint density at radius 1 is 1.56 bits per heavy atom. The Morgan fingerprint density at radius 2 is 2.44 bits per heavy atom. The smallest absolute Gasteiger partial charge is 0.127 e. The summed E-state index contributed by atoms with van der Waals surface area (Å²) >= 11 is 0. The number of hydrogen-bond acceptors (Lipinski definition) is 3. The lowest BCUT2D eigenvalue weighted by Gasteiger charge is -2.07. The summed E-state index contributed by atoms with van der Waals surface area (Å²) in [6, 6.07) is 5.84. The first-order valence-electron chi connectivity index (χ1n) is 5.57. The van der Waals surface area contributed by atoms with Crippen molar-refractivity contribution in [2.75, 3.05) is 13.2 Å². The molecule has 1 heterocycles. The van der Waals surface area contributed by atoms with Gasteiger partial charge in [-0.15, -0.1) is 6.58 Å². The Labute approximate surface area is 95.9 Å². The average molecular weight is 219 g/mol. The zero-order valence-corrected chi connectivity index (χ0v) is 9.32. The molecule has 1 aromatic carbocycles. The fourth-order valence-electron chi connectivity index (χ4n) is 1.72. The lowest BCUT2D eigenvalue weighted by molar-refractivity contribution is 0.306. The second-order valence-corrected chi connectivity index (χ2v) is 3.90. The van der Waals surface area contributed by atoms with Gasteiger partial charge in [0.05, 0.1) is 12.6 Å². The highest BCUT2D eigenvalue weighted by molar-refractivity contribution is 5.44. The van der Waals surface area contributed by atoms with Gasteiger partial charge in [0.2, 0.25) is 0 Å². The maximum Gasteiger partial charge on any atom is 0.127 e. The predicted molar refractivity (Wildman–Crippen MR) is 63.8 cm³/mol. The van der Waals surface area contributed by atoms with Crippen LogP contribution in [0.4, 0.5) is 0 Å². The molecular weight excluding hydrogens is 202 g/mol. The molecular formula is C13H17NO2. The van der Waals surface area contributed by atoms with Gasteiger partial charge >= 0.3 is 0 Å². The Morgan fingerprint density at radius 3 is 3.25 bits per heavy atom. The largest absolute Gasteiger partial charge is 0.493 e. The van der Waals surface area contributed by atoms with Crippen molar-refractivity contribution in [2.45, 2.75) is 18.9 Å². The minimum absolute atomic E-state index is 0.00446. The van der Waals surface area contributed by atoms with Crippen molar-refractivity contribution in [1.29, 1.82) is 0 Å². The molecule has 1 unspecified atom stereocenters. The third kappa shape index (κ3) is 2.36. The summed E-state index contributed by atoms with van der Waals surface area (Å²) in [5.41, 5.74) is 6.93. The lowest BCUT2D eigenvalue weighted by Crippen LogP contribution is -2.10. The van der Waals surface area contributed by atoms with E-state index in [9.17, 15) is 0 Å². The summed E-state index contributed by atoms with van der Waals surface area (Å²) in [4.78, 5) is 0. The van der Waals surface area contributed by atoms with Crippen LogP contribution in [0.25, 0.3) is 0 Å². The second kappa shape index (κ2) is 5.03. The molecule has 0 saturated heterocycles. The van der Waals surface area contributed by atoms with Crippen LogP contribution in [0.15, 0.2) is 30.9 Å². The van der Waals surface area contributed by atoms with E-state index < -0.39 is 0 Å². The number of nitrogens with two attached hydrogens (primary N) is 1. The first-order valence-corrected chi connectivity index (χ1v) is 5.57. The Balaban J connectivity index is 1.94. The zero-order chi connectivity index (χ0) is 11.4. The molecule has 0 spiro atoms. The molecule has 1 aliphatic heterocycles. The van der Waals surface area contributed by atoms with Crippen molar-refractivity contribution in [3.63, 3.8) is 0 Å². The first kappa shape index (κ1) is 11.0. The topological polar surface area (TPSA) is 44.5 Å². The van der Waals surface area contributed by atoms with Gasteiger partial charge in [0.1, 0.15) is 18.1 Å². The van der Waals surface area contributed by atoms with E-state index in [4.69, 9.17) is 15.2 Å². The van der Waals surface area contributed by atoms with E-state index in [0.717, 1.165) is 29.9 Å². The minimum Gasteiger partial charge on any atom is -0.493 e. The zero-order valence-electron chi connectivity index (χ0n) is 9.32. The van der Waals surface area contributed by atoms with Crippen LogP contribution in [0.1, 0.15) is 24.4 Å². The summed E-state index contributed by atoms with van der Waals surface area (Å²) < 4.78 is 11.1. The van der Waals surface area contributed by atoms with Crippen molar-refractivity contribution in [2.24, 2.45) is 5.73 Å². The second-order valence-electron chi connectivity index (χ2n) is 3.90. The van der Waals surface area contributed by atoms with Gasteiger partial charge in [-0.3, -0.25) is 0 Å². The summed E-state index contributed by atoms with van der Waals surface area (Å²) in [6.07, 6.45) is 3.86. The van der Waals surface area contributed by atoms with Crippen LogP contribution < -0.4 is 15.2 Å². The molecule has 3 heteroatoms. The van der Waals surface area contributed by atoms with Crippen molar-refractivity contribution >= 4 is 0 Å². The fourth-order valence-corrected chi connectivity index (χ4v) is 1.72. The highest BCUT2D eigenvalue weighted by Gasteiger charge is 2.20. The minimum atomic E-state index is 0.00446. The lowest BCUT2D eigenvalue weighted by atomic mass is 10.1. The maximum absolute atomic E-state index is 5.86. The molecule has 1 aliphatic rings. The van der Waals surface area contributed by atoms with Crippen LogP contribution in [0.2, 0.25) is 0 Å². The summed E-state index contributed by atoms with van der Waals surface area (Å²) in [7, 11) is 0. The van der Waals surface area contributed by atoms with E-state index in [0.29, 0.717) is 13.2 Å². The normalized spacial score (nSPS) is 17.7. The predicted octanol–water partition coefficient (Wildman–Crippen LogP) is 2.42. The molecule has 2 rings (SSSR count). The molecule has 0 bridgehead atoms. The van der Waals surface area contributed by atoms with Crippen LogP contribution >= 0.6 is 0 Å². The molecule has 2 N–H and O–H groups in total. The van der Waals surface area contributed by atoms with Crippen molar-refractivity contribution in [1.82, 2.24) is 0 Å². The van der Waals surface area contributed by atoms with Crippen molar-refractivity contribution < 1.29 is 9.47 Å². The van der Waals surface area contributed by atoms with E-state index in [1.54, 1.807) is 0 Å². The van der Waals surface area contributed by atoms with Gasteiger partial charge in [0.25, 0.3) is 0 Å². The molecule has 16 heavy (non-hydrogen) atoms. The molecule has 0 saturated carbocycles. The molecule has 86 valence electrons. The maximum atomic E-state index is 5.86. The Kier molecular flexibility index (Phi) is 3.47. The number of rotatable bonds is 5. The Hall–Kier alpha value is -1.48. The fraction of sp³-hybridized carbons (Fsp3) is 0.385. The highest BCUT2D eigenvalue weighted by atomic mass is 16.5. The highest BCUT2D eigenvalue weighted by Crippen LogP contribution is 2.33. The van der Waals surface area contributed by atoms with Crippen LogP contribution in [0.3, 0.4) is 0 Å². The number of hydrogen-bond donors (Lipinski definition) is 1. The summed E-state index contributed by atoms with van der Waals surface area (Å²) in [5, 5.41) is 0. The molecule has 0 fully saturated rings. The van der Waals surface area contributed by atoms with Gasteiger partial charge in [-0.1, -0.05) is 6.08 Å². The number of fused-ring (bicyclic) bond motifs is 1. The van der Waals surface area contributed by atoms with E-state index >= 15 is 0 Å². The Bertz CT molecular complexity index is 376. The van der Waals surface area contributed by atoms with Crippen molar-refractivity contribution in [3.05, 3.63) is 36.4 Å². The van der Waals surface area contributed by atoms with Gasteiger partial charge < -0.3 is 15.2 Å². The van der Waals surface area contributed by atoms with Gasteiger partial charge in [0.15, 0.2) is 0 Å². The van der Waals surface area contributed by atoms with E-state index in [-0.39, 0.29) is 6.04 Å². The van der Waals surface area contributed by atoms with Gasteiger partial charge in [-0.25, -0.2) is 0 Å². The third-order valence-electron chi connectivity index (χ3n) is 2.62. The molecule has 1 aromatic rings. The SMILES string of the molecule is C=CCCCOc1ccc2c(c1)OCC2N. The van der Waals surface area contributed by atoms with Gasteiger partial charge in [-0.05, 0) is 25.0 Å². The number of allylic oxidation sites excluding steroid dienone is 1. The van der Waals surface area contributed by atoms with Crippen LogP contribution in [-0.2, 0) is 0 Å². The molecule has 0 aliphatic carbocycles. The quantitative estimate of drug-likeness (QED) is 0.611. The van der Waals surface area contributed by atoms with Gasteiger partial charge in [-0.2, -0.15) is 0 Å². The van der Waals surface area contributed by atoms with E-state index in [1.165, 1.54) is 0 Å². The number of unbranched alkanes of at least 4 members (excludes halogenated alkanes) is 1. The van der Waals surface area contributed by atoms with Crippen LogP contribution in [0, 0.1) is 0 Å². The number of benzene rings is 1. The first-order chi connectivity index (χ1) is 7.81. The standard InChI is InChI=1S/C13H17NO2/c1-2-3-4-7-15-10-5-6-11-12(14)9-16-13(11)8-10/h2,5-6,8,12H,1,3-4,7,9,14H2. The molecule has 1 atom stereocenters. The summed E-state index contributed by atoms with van der Waals surface area (Å²) in [6.45, 7) is 4.94.